The van der Waals surface area contributed by atoms with Gasteiger partial charge in [0, 0.05) is 16.2 Å². The van der Waals surface area contributed by atoms with E-state index in [2.05, 4.69) is 15.3 Å². The van der Waals surface area contributed by atoms with Gasteiger partial charge in [-0.1, -0.05) is 11.8 Å². The lowest BCUT2D eigenvalue weighted by atomic mass is 9.88. The van der Waals surface area contributed by atoms with Crippen LogP contribution in [0.5, 0.6) is 5.75 Å². The Bertz CT molecular complexity index is 1170. The van der Waals surface area contributed by atoms with Crippen LogP contribution in [0, 0.1) is 5.92 Å². The highest BCUT2D eigenvalue weighted by atomic mass is 32.2. The van der Waals surface area contributed by atoms with Gasteiger partial charge in [-0.25, -0.2) is 9.97 Å². The van der Waals surface area contributed by atoms with Crippen LogP contribution in [-0.2, 0) is 28.9 Å². The van der Waals surface area contributed by atoms with Gasteiger partial charge in [-0.3, -0.25) is 9.59 Å². The number of carboxylic acids is 1. The molecule has 0 fully saturated rings. The molecule has 0 amide bonds. The molecule has 148 valence electrons. The quantitative estimate of drug-likeness (QED) is 0.648. The molecule has 1 atom stereocenters. The van der Waals surface area contributed by atoms with Gasteiger partial charge in [0.1, 0.15) is 22.7 Å². The van der Waals surface area contributed by atoms with Crippen molar-refractivity contribution in [3.05, 3.63) is 34.5 Å². The van der Waals surface area contributed by atoms with Gasteiger partial charge in [-0.05, 0) is 42.5 Å². The summed E-state index contributed by atoms with van der Waals surface area (Å²) in [6, 6.07) is 3.82. The van der Waals surface area contributed by atoms with Crippen LogP contribution in [-0.4, -0.2) is 33.3 Å². The number of rotatable bonds is 4. The fraction of sp³-hybridized carbons (Fsp3) is 0.300. The fourth-order valence-corrected chi connectivity index (χ4v) is 6.14. The van der Waals surface area contributed by atoms with Crippen LogP contribution in [0.15, 0.2) is 23.4 Å². The number of thioether (sulfide) groups is 1. The molecule has 1 unspecified atom stereocenters. The second-order valence-corrected chi connectivity index (χ2v) is 9.30. The van der Waals surface area contributed by atoms with Crippen LogP contribution >= 0.6 is 23.1 Å². The summed E-state index contributed by atoms with van der Waals surface area (Å²) in [5.41, 5.74) is 2.85. The summed E-state index contributed by atoms with van der Waals surface area (Å²) in [6.45, 7) is 0. The minimum Gasteiger partial charge on any atom is -0.495 e. The Hall–Kier alpha value is -2.65. The van der Waals surface area contributed by atoms with E-state index in [0.29, 0.717) is 37.3 Å². The predicted octanol–water partition coefficient (Wildman–Crippen LogP) is 3.81. The van der Waals surface area contributed by atoms with Gasteiger partial charge in [0.2, 0.25) is 0 Å². The zero-order valence-corrected chi connectivity index (χ0v) is 17.2. The molecule has 0 saturated carbocycles. The summed E-state index contributed by atoms with van der Waals surface area (Å²) < 4.78 is 5.54. The first-order valence-corrected chi connectivity index (χ1v) is 10.8. The summed E-state index contributed by atoms with van der Waals surface area (Å²) in [4.78, 5) is 34.9. The summed E-state index contributed by atoms with van der Waals surface area (Å²) in [5, 5.41) is 13.8. The number of anilines is 2. The molecule has 1 aliphatic carbocycles. The SMILES string of the molecule is COc1cc2c(cc1Nc1ncnc3sc4c(c13)CCC(C(=O)O)C4)SC(=O)C2. The van der Waals surface area contributed by atoms with Gasteiger partial charge in [-0.15, -0.1) is 11.3 Å². The summed E-state index contributed by atoms with van der Waals surface area (Å²) in [6.07, 6.45) is 3.77. The highest BCUT2D eigenvalue weighted by molar-refractivity contribution is 8.14. The van der Waals surface area contributed by atoms with Crippen LogP contribution in [0.25, 0.3) is 10.2 Å². The van der Waals surface area contributed by atoms with Crippen molar-refractivity contribution >= 4 is 55.9 Å². The molecule has 3 heterocycles. The van der Waals surface area contributed by atoms with Gasteiger partial charge in [0.15, 0.2) is 5.12 Å². The molecule has 3 aromatic rings. The van der Waals surface area contributed by atoms with E-state index >= 15 is 0 Å². The zero-order valence-electron chi connectivity index (χ0n) is 15.5. The second-order valence-electron chi connectivity index (χ2n) is 7.12. The van der Waals surface area contributed by atoms with E-state index in [1.807, 2.05) is 12.1 Å². The van der Waals surface area contributed by atoms with E-state index in [-0.39, 0.29) is 11.0 Å². The number of fused-ring (bicyclic) bond motifs is 4. The van der Waals surface area contributed by atoms with Crippen LogP contribution in [0.2, 0.25) is 0 Å². The summed E-state index contributed by atoms with van der Waals surface area (Å²) in [7, 11) is 1.60. The van der Waals surface area contributed by atoms with Gasteiger partial charge in [-0.2, -0.15) is 0 Å². The number of nitrogens with zero attached hydrogens (tertiary/aromatic N) is 2. The maximum absolute atomic E-state index is 11.8. The van der Waals surface area contributed by atoms with Gasteiger partial charge in [0.25, 0.3) is 0 Å². The highest BCUT2D eigenvalue weighted by Gasteiger charge is 2.29. The third-order valence-corrected chi connectivity index (χ3v) is 7.52. The molecule has 7 nitrogen and oxygen atoms in total. The minimum absolute atomic E-state index is 0.128. The minimum atomic E-state index is -0.743. The van der Waals surface area contributed by atoms with E-state index in [1.54, 1.807) is 18.4 Å². The number of aliphatic carboxylic acids is 1. The number of benzene rings is 1. The van der Waals surface area contributed by atoms with Gasteiger partial charge in [0.05, 0.1) is 24.1 Å². The van der Waals surface area contributed by atoms with Gasteiger partial charge >= 0.3 is 5.97 Å². The van der Waals surface area contributed by atoms with Crippen molar-refractivity contribution in [2.75, 3.05) is 12.4 Å². The lowest BCUT2D eigenvalue weighted by Gasteiger charge is -2.19. The van der Waals surface area contributed by atoms with Crippen molar-refractivity contribution < 1.29 is 19.4 Å². The Morgan fingerprint density at radius 2 is 2.21 bits per heavy atom. The Morgan fingerprint density at radius 3 is 3.00 bits per heavy atom. The monoisotopic (exact) mass is 427 g/mol. The van der Waals surface area contributed by atoms with Crippen molar-refractivity contribution in [2.45, 2.75) is 30.6 Å². The lowest BCUT2D eigenvalue weighted by Crippen LogP contribution is -2.21. The van der Waals surface area contributed by atoms with Gasteiger partial charge < -0.3 is 15.2 Å². The average Bonchev–Trinajstić information content (AvgIpc) is 3.25. The van der Waals surface area contributed by atoms with Crippen molar-refractivity contribution in [2.24, 2.45) is 5.92 Å². The molecular weight excluding hydrogens is 410 g/mol. The first-order valence-electron chi connectivity index (χ1n) is 9.20. The van der Waals surface area contributed by atoms with E-state index in [9.17, 15) is 14.7 Å². The number of aromatic nitrogens is 2. The third-order valence-electron chi connectivity index (χ3n) is 5.39. The number of aryl methyl sites for hydroxylation is 1. The molecular formula is C20H17N3O4S2. The largest absolute Gasteiger partial charge is 0.495 e. The standard InChI is InChI=1S/C20H17N3O4S2/c1-27-13-4-10-6-16(24)28-14(10)7-12(13)23-18-17-11-3-2-9(20(25)26)5-15(11)29-19(17)22-8-21-18/h4,7-9H,2-3,5-6H2,1H3,(H,25,26)(H,21,22,23). The molecule has 2 aliphatic rings. The van der Waals surface area contributed by atoms with Crippen LogP contribution in [0.3, 0.4) is 0 Å². The second kappa shape index (κ2) is 7.00. The number of thiophene rings is 1. The molecule has 1 aromatic carbocycles. The number of hydrogen-bond donors (Lipinski definition) is 2. The number of ether oxygens (including phenoxy) is 1. The number of nitrogens with one attached hydrogen (secondary N) is 1. The van der Waals surface area contributed by atoms with Crippen molar-refractivity contribution in [1.82, 2.24) is 9.97 Å². The maximum Gasteiger partial charge on any atom is 0.306 e. The molecule has 0 spiro atoms. The van der Waals surface area contributed by atoms with Crippen LogP contribution < -0.4 is 10.1 Å². The van der Waals surface area contributed by atoms with E-state index in [4.69, 9.17) is 4.74 Å². The van der Waals surface area contributed by atoms with E-state index < -0.39 is 5.97 Å². The van der Waals surface area contributed by atoms with Crippen molar-refractivity contribution in [3.63, 3.8) is 0 Å². The molecule has 1 aliphatic heterocycles. The maximum atomic E-state index is 11.8. The highest BCUT2D eigenvalue weighted by Crippen LogP contribution is 2.43. The average molecular weight is 428 g/mol. The molecule has 0 radical (unpaired) electrons. The Morgan fingerprint density at radius 1 is 1.34 bits per heavy atom. The third kappa shape index (κ3) is 3.14. The normalized spacial score (nSPS) is 17.8. The molecule has 2 aromatic heterocycles. The van der Waals surface area contributed by atoms with E-state index in [0.717, 1.165) is 36.8 Å². The topological polar surface area (TPSA) is 101 Å². The first-order chi connectivity index (χ1) is 14.0. The number of methoxy groups -OCH3 is 1. The van der Waals surface area contributed by atoms with Crippen molar-refractivity contribution in [1.29, 1.82) is 0 Å². The zero-order chi connectivity index (χ0) is 20.1. The number of hydrogen-bond acceptors (Lipinski definition) is 8. The van der Waals surface area contributed by atoms with Crippen molar-refractivity contribution in [3.8, 4) is 5.75 Å². The molecule has 2 N–H and O–H groups in total. The smallest absolute Gasteiger partial charge is 0.306 e. The molecule has 5 rings (SSSR count). The first kappa shape index (κ1) is 18.4. The molecule has 9 heteroatoms. The van der Waals surface area contributed by atoms with Crippen LogP contribution in [0.1, 0.15) is 22.4 Å². The molecule has 0 bridgehead atoms. The Labute approximate surface area is 174 Å². The number of carboxylic acid groups (broad SMARTS) is 1. The van der Waals surface area contributed by atoms with E-state index in [1.165, 1.54) is 18.1 Å². The lowest BCUT2D eigenvalue weighted by molar-refractivity contribution is -0.142. The Balaban J connectivity index is 1.56. The fourth-order valence-electron chi connectivity index (χ4n) is 3.96. The summed E-state index contributed by atoms with van der Waals surface area (Å²) >= 11 is 2.79. The number of carbonyl (C=O) groups excluding carboxylic acids is 1. The molecule has 0 saturated heterocycles. The Kier molecular flexibility index (Phi) is 4.44. The van der Waals surface area contributed by atoms with Crippen LogP contribution in [0.4, 0.5) is 11.5 Å². The number of carbonyl (C=O) groups is 2. The molecule has 29 heavy (non-hydrogen) atoms. The predicted molar refractivity (Wildman–Crippen MR) is 111 cm³/mol. The summed E-state index contributed by atoms with van der Waals surface area (Å²) in [5.74, 6) is 0.244.